The number of hydrogen-bond donors (Lipinski definition) is 1. The summed E-state index contributed by atoms with van der Waals surface area (Å²) in [6, 6.07) is 0. The van der Waals surface area contributed by atoms with Gasteiger partial charge in [-0.25, -0.2) is 0 Å². The Bertz CT molecular complexity index is 587. The molecule has 0 spiro atoms. The minimum absolute atomic E-state index is 0. The van der Waals surface area contributed by atoms with Crippen molar-refractivity contribution in [2.24, 2.45) is 11.8 Å². The number of carbonyl (C=O) groups excluding carboxylic acids is 2. The third-order valence-corrected chi connectivity index (χ3v) is 6.68. The SMILES string of the molecule is CCCCC(CC)COC(=O)CC(C(=O)OCC(CC)CCCC)S(=O)(=O)O.CC[O][Ti].[NaH]. The van der Waals surface area contributed by atoms with Crippen LogP contribution in [0.5, 0.6) is 0 Å². The van der Waals surface area contributed by atoms with Crippen LogP contribution in [-0.2, 0) is 53.3 Å². The molecule has 0 aromatic rings. The van der Waals surface area contributed by atoms with Crippen LogP contribution in [0.2, 0.25) is 0 Å². The van der Waals surface area contributed by atoms with Crippen LogP contribution in [0, 0.1) is 11.8 Å². The zero-order valence-corrected chi connectivity index (χ0v) is 22.8. The van der Waals surface area contributed by atoms with E-state index in [0.717, 1.165) is 58.0 Å². The number of esters is 2. The maximum atomic E-state index is 12.2. The van der Waals surface area contributed by atoms with Gasteiger partial charge in [-0.15, -0.1) is 0 Å². The van der Waals surface area contributed by atoms with Gasteiger partial charge in [0.2, 0.25) is 0 Å². The molecular weight excluding hydrogens is 495 g/mol. The first-order valence-electron chi connectivity index (χ1n) is 11.7. The molecule has 0 aliphatic carbocycles. The van der Waals surface area contributed by atoms with E-state index < -0.39 is 33.7 Å². The van der Waals surface area contributed by atoms with Gasteiger partial charge in [-0.2, -0.15) is 8.42 Å². The second-order valence-corrected chi connectivity index (χ2v) is 9.84. The normalized spacial score (nSPS) is 13.5. The second-order valence-electron chi connectivity index (χ2n) is 7.79. The summed E-state index contributed by atoms with van der Waals surface area (Å²) in [5, 5.41) is -1.95. The summed E-state index contributed by atoms with van der Waals surface area (Å²) in [6.45, 7) is 11.1. The van der Waals surface area contributed by atoms with Crippen LogP contribution in [0.3, 0.4) is 0 Å². The van der Waals surface area contributed by atoms with Crippen molar-refractivity contribution in [3.8, 4) is 0 Å². The monoisotopic (exact) mass is 539 g/mol. The third kappa shape index (κ3) is 21.5. The van der Waals surface area contributed by atoms with Gasteiger partial charge in [-0.05, 0) is 24.7 Å². The molecule has 0 aliphatic rings. The van der Waals surface area contributed by atoms with Crippen molar-refractivity contribution in [2.75, 3.05) is 19.8 Å². The van der Waals surface area contributed by atoms with Crippen molar-refractivity contribution in [2.45, 2.75) is 97.7 Å². The van der Waals surface area contributed by atoms with Gasteiger partial charge in [0.25, 0.3) is 10.1 Å². The van der Waals surface area contributed by atoms with Crippen LogP contribution in [-0.4, -0.2) is 79.5 Å². The number of hydrogen-bond acceptors (Lipinski definition) is 7. The molecule has 33 heavy (non-hydrogen) atoms. The Labute approximate surface area is 235 Å². The number of rotatable bonds is 17. The molecule has 1 N–H and O–H groups in total. The fraction of sp³-hybridized carbons (Fsp3) is 0.909. The Morgan fingerprint density at radius 3 is 1.64 bits per heavy atom. The van der Waals surface area contributed by atoms with E-state index in [1.54, 1.807) is 20.8 Å². The van der Waals surface area contributed by atoms with Gasteiger partial charge >= 0.3 is 79.2 Å². The van der Waals surface area contributed by atoms with Crippen molar-refractivity contribution in [3.05, 3.63) is 0 Å². The zero-order valence-electron chi connectivity index (χ0n) is 20.4. The Kier molecular flexibility index (Phi) is 27.9. The van der Waals surface area contributed by atoms with Crippen LogP contribution in [0.25, 0.3) is 0 Å². The summed E-state index contributed by atoms with van der Waals surface area (Å²) in [7, 11) is -4.76. The average molecular weight is 540 g/mol. The molecule has 3 atom stereocenters. The predicted molar refractivity (Wildman–Crippen MR) is 127 cm³/mol. The number of ether oxygens (including phenoxy) is 2. The molecule has 191 valence electrons. The molecule has 0 saturated carbocycles. The third-order valence-electron chi connectivity index (χ3n) is 5.15. The van der Waals surface area contributed by atoms with Crippen LogP contribution >= 0.6 is 0 Å². The summed E-state index contributed by atoms with van der Waals surface area (Å²) < 4.78 is 47.3. The molecule has 0 aliphatic heterocycles. The van der Waals surface area contributed by atoms with Gasteiger partial charge < -0.3 is 9.47 Å². The Balaban J connectivity index is -0.00000165. The molecule has 0 aromatic carbocycles. The predicted octanol–water partition coefficient (Wildman–Crippen LogP) is 3.99. The van der Waals surface area contributed by atoms with Crippen LogP contribution in [0.4, 0.5) is 0 Å². The summed E-state index contributed by atoms with van der Waals surface area (Å²) in [4.78, 5) is 24.2. The number of carbonyl (C=O) groups is 2. The first-order valence-corrected chi connectivity index (χ1v) is 13.8. The van der Waals surface area contributed by atoms with E-state index in [1.807, 2.05) is 20.8 Å². The molecule has 0 aromatic heterocycles. The van der Waals surface area contributed by atoms with Gasteiger partial charge in [0.15, 0.2) is 5.25 Å². The standard InChI is InChI=1S/C20H38O7S.C2H5O.Na.Ti.H/c1-5-9-11-16(7-3)14-26-19(21)13-18(28(23,24)25)20(22)27-15-17(8-4)12-10-6-2;1-2-3;;;/h16-18H,5-15H2,1-4H3,(H,23,24,25);2H2,1H3;;;/q;-1;;+1;. The molecule has 0 bridgehead atoms. The van der Waals surface area contributed by atoms with Crippen molar-refractivity contribution in [3.63, 3.8) is 0 Å². The van der Waals surface area contributed by atoms with Crippen LogP contribution < -0.4 is 0 Å². The summed E-state index contributed by atoms with van der Waals surface area (Å²) in [5.74, 6) is -1.61. The van der Waals surface area contributed by atoms with Crippen molar-refractivity contribution < 1.29 is 56.2 Å². The molecule has 0 heterocycles. The first-order chi connectivity index (χ1) is 15.1. The zero-order chi connectivity index (χ0) is 25.0. The Morgan fingerprint density at radius 2 is 1.30 bits per heavy atom. The van der Waals surface area contributed by atoms with Crippen molar-refractivity contribution in [1.82, 2.24) is 0 Å². The fourth-order valence-corrected chi connectivity index (χ4v) is 3.48. The second kappa shape index (κ2) is 24.2. The topological polar surface area (TPSA) is 116 Å². The van der Waals surface area contributed by atoms with E-state index in [4.69, 9.17) is 9.47 Å². The minimum atomic E-state index is -4.76. The molecule has 0 fully saturated rings. The van der Waals surface area contributed by atoms with E-state index in [0.29, 0.717) is 0 Å². The van der Waals surface area contributed by atoms with Gasteiger partial charge in [-0.1, -0.05) is 66.2 Å². The van der Waals surface area contributed by atoms with E-state index >= 15 is 0 Å². The van der Waals surface area contributed by atoms with Gasteiger partial charge in [0.1, 0.15) is 0 Å². The van der Waals surface area contributed by atoms with E-state index in [1.165, 1.54) is 0 Å². The first kappa shape index (κ1) is 38.1. The maximum absolute atomic E-state index is 12.2. The number of unbranched alkanes of at least 4 members (excludes halogenated alkanes) is 2. The molecule has 11 heteroatoms. The van der Waals surface area contributed by atoms with E-state index in [-0.39, 0.29) is 54.6 Å². The quantitative estimate of drug-likeness (QED) is 0.168. The van der Waals surface area contributed by atoms with Crippen LogP contribution in [0.15, 0.2) is 0 Å². The van der Waals surface area contributed by atoms with Gasteiger partial charge in [-0.3, -0.25) is 14.1 Å². The molecule has 3 unspecified atom stereocenters. The fourth-order valence-electron chi connectivity index (χ4n) is 2.82. The Morgan fingerprint density at radius 1 is 0.879 bits per heavy atom. The van der Waals surface area contributed by atoms with Crippen molar-refractivity contribution >= 4 is 51.6 Å². The van der Waals surface area contributed by atoms with Gasteiger partial charge in [0, 0.05) is 0 Å². The Hall–Kier alpha value is 0.524. The van der Waals surface area contributed by atoms with Crippen LogP contribution in [0.1, 0.15) is 92.4 Å². The average Bonchev–Trinajstić information content (AvgIpc) is 2.76. The molecular formula is C22H44NaO8STi. The summed E-state index contributed by atoms with van der Waals surface area (Å²) >= 11 is 1.68. The molecule has 0 rings (SSSR count). The summed E-state index contributed by atoms with van der Waals surface area (Å²) in [6.07, 6.45) is 6.74. The molecule has 0 saturated heterocycles. The van der Waals surface area contributed by atoms with Crippen molar-refractivity contribution in [1.29, 1.82) is 0 Å². The molecule has 0 radical (unpaired) electrons. The van der Waals surface area contributed by atoms with E-state index in [2.05, 4.69) is 17.2 Å². The molecule has 0 amide bonds. The molecule has 8 nitrogen and oxygen atoms in total. The van der Waals surface area contributed by atoms with Gasteiger partial charge in [0.05, 0.1) is 19.6 Å². The van der Waals surface area contributed by atoms with E-state index in [9.17, 15) is 22.6 Å². The summed E-state index contributed by atoms with van der Waals surface area (Å²) in [5.41, 5.74) is 0.